The monoisotopic (exact) mass is 310 g/mol. The molecule has 0 saturated carbocycles. The molecule has 18 heavy (non-hydrogen) atoms. The summed E-state index contributed by atoms with van der Waals surface area (Å²) in [5, 5.41) is 8.48. The molecule has 0 fully saturated rings. The first-order chi connectivity index (χ1) is 8.67. The molecule has 0 aliphatic carbocycles. The van der Waals surface area contributed by atoms with Gasteiger partial charge in [-0.1, -0.05) is 22.9 Å². The van der Waals surface area contributed by atoms with E-state index in [9.17, 15) is 0 Å². The van der Waals surface area contributed by atoms with Crippen LogP contribution in [-0.4, -0.2) is 12.6 Å². The van der Waals surface area contributed by atoms with Crippen LogP contribution in [0.25, 0.3) is 0 Å². The summed E-state index contributed by atoms with van der Waals surface area (Å²) in [6.07, 6.45) is 3.04. The molecule has 0 spiro atoms. The fourth-order valence-electron chi connectivity index (χ4n) is 1.61. The number of hydrogen-bond donors (Lipinski definition) is 1. The lowest BCUT2D eigenvalue weighted by Crippen LogP contribution is -2.21. The average molecular weight is 311 g/mol. The van der Waals surface area contributed by atoms with Crippen LogP contribution in [0.15, 0.2) is 22.7 Å². The molecule has 1 aromatic carbocycles. The maximum absolute atomic E-state index is 8.48. The Hall–Kier alpha value is -1.05. The fraction of sp³-hybridized carbons (Fsp3) is 0.500. The van der Waals surface area contributed by atoms with Gasteiger partial charge in [-0.05, 0) is 43.0 Å². The highest BCUT2D eigenvalue weighted by atomic mass is 79.9. The summed E-state index contributed by atoms with van der Waals surface area (Å²) in [5.41, 5.74) is 7.11. The molecule has 0 radical (unpaired) electrons. The zero-order valence-corrected chi connectivity index (χ0v) is 12.2. The van der Waals surface area contributed by atoms with E-state index in [2.05, 4.69) is 35.0 Å². The smallest absolute Gasteiger partial charge is 0.122 e. The van der Waals surface area contributed by atoms with Crippen LogP contribution >= 0.6 is 15.9 Å². The van der Waals surface area contributed by atoms with Crippen LogP contribution in [0.3, 0.4) is 0 Å². The first-order valence-electron chi connectivity index (χ1n) is 6.21. The molecule has 4 heteroatoms. The Bertz CT molecular complexity index is 415. The number of ether oxygens (including phenoxy) is 1. The maximum Gasteiger partial charge on any atom is 0.122 e. The Morgan fingerprint density at radius 3 is 2.94 bits per heavy atom. The van der Waals surface area contributed by atoms with E-state index in [0.29, 0.717) is 13.0 Å². The molecule has 3 nitrogen and oxygen atoms in total. The second kappa shape index (κ2) is 8.12. The molecule has 0 saturated heterocycles. The predicted octanol–water partition coefficient (Wildman–Crippen LogP) is 3.41. The van der Waals surface area contributed by atoms with Crippen LogP contribution in [-0.2, 0) is 6.42 Å². The van der Waals surface area contributed by atoms with E-state index in [4.69, 9.17) is 15.7 Å². The van der Waals surface area contributed by atoms with Crippen LogP contribution in [0.1, 0.15) is 31.7 Å². The van der Waals surface area contributed by atoms with Crippen molar-refractivity contribution in [1.82, 2.24) is 0 Å². The first kappa shape index (κ1) is 15.0. The van der Waals surface area contributed by atoms with Gasteiger partial charge in [0.15, 0.2) is 0 Å². The van der Waals surface area contributed by atoms with Crippen molar-refractivity contribution in [3.63, 3.8) is 0 Å². The van der Waals surface area contributed by atoms with Crippen LogP contribution in [0, 0.1) is 11.3 Å². The molecule has 2 N–H and O–H groups in total. The highest BCUT2D eigenvalue weighted by Crippen LogP contribution is 2.25. The largest absolute Gasteiger partial charge is 0.493 e. The Morgan fingerprint density at radius 2 is 2.28 bits per heavy atom. The Kier molecular flexibility index (Phi) is 6.77. The minimum Gasteiger partial charge on any atom is -0.493 e. The van der Waals surface area contributed by atoms with E-state index in [1.165, 1.54) is 0 Å². The van der Waals surface area contributed by atoms with Gasteiger partial charge in [0.05, 0.1) is 12.7 Å². The van der Waals surface area contributed by atoms with Gasteiger partial charge in [-0.15, -0.1) is 0 Å². The number of nitriles is 1. The standard InChI is InChI=1S/C14H19BrN2O/c1-2-13(17)10-11-9-12(15)5-6-14(11)18-8-4-3-7-16/h5-6,9,13H,2-4,8,10,17H2,1H3. The first-order valence-corrected chi connectivity index (χ1v) is 7.00. The fourth-order valence-corrected chi connectivity index (χ4v) is 2.02. The molecular weight excluding hydrogens is 292 g/mol. The van der Waals surface area contributed by atoms with E-state index >= 15 is 0 Å². The maximum atomic E-state index is 8.48. The van der Waals surface area contributed by atoms with Gasteiger partial charge in [0.1, 0.15) is 5.75 Å². The van der Waals surface area contributed by atoms with Crippen LogP contribution in [0.5, 0.6) is 5.75 Å². The topological polar surface area (TPSA) is 59.0 Å². The molecule has 1 unspecified atom stereocenters. The highest BCUT2D eigenvalue weighted by molar-refractivity contribution is 9.10. The molecule has 1 aromatic rings. The van der Waals surface area contributed by atoms with Crippen molar-refractivity contribution in [2.24, 2.45) is 5.73 Å². The van der Waals surface area contributed by atoms with Gasteiger partial charge < -0.3 is 10.5 Å². The van der Waals surface area contributed by atoms with E-state index in [1.807, 2.05) is 12.1 Å². The lowest BCUT2D eigenvalue weighted by atomic mass is 10.0. The summed E-state index contributed by atoms with van der Waals surface area (Å²) in [4.78, 5) is 0. The average Bonchev–Trinajstić information content (AvgIpc) is 2.36. The molecule has 0 aromatic heterocycles. The Labute approximate surface area is 117 Å². The molecule has 0 aliphatic rings. The van der Waals surface area contributed by atoms with E-state index in [0.717, 1.165) is 35.0 Å². The van der Waals surface area contributed by atoms with Crippen LogP contribution in [0.2, 0.25) is 0 Å². The molecule has 0 heterocycles. The van der Waals surface area contributed by atoms with E-state index in [-0.39, 0.29) is 6.04 Å². The van der Waals surface area contributed by atoms with Crippen molar-refractivity contribution in [1.29, 1.82) is 5.26 Å². The molecule has 0 bridgehead atoms. The third-order valence-corrected chi connectivity index (χ3v) is 3.21. The number of halogens is 1. The second-order valence-corrected chi connectivity index (χ2v) is 5.15. The van der Waals surface area contributed by atoms with Gasteiger partial charge in [-0.2, -0.15) is 5.26 Å². The minimum absolute atomic E-state index is 0.153. The molecule has 1 rings (SSSR count). The number of nitrogens with two attached hydrogens (primary N) is 1. The van der Waals surface area contributed by atoms with E-state index in [1.54, 1.807) is 0 Å². The lowest BCUT2D eigenvalue weighted by Gasteiger charge is -2.14. The quantitative estimate of drug-likeness (QED) is 0.785. The number of benzene rings is 1. The zero-order chi connectivity index (χ0) is 13.4. The summed E-state index contributed by atoms with van der Waals surface area (Å²) in [6.45, 7) is 2.65. The van der Waals surface area contributed by atoms with Crippen molar-refractivity contribution >= 4 is 15.9 Å². The van der Waals surface area contributed by atoms with E-state index < -0.39 is 0 Å². The third kappa shape index (κ3) is 5.07. The Balaban J connectivity index is 2.67. The van der Waals surface area contributed by atoms with Gasteiger partial charge in [0.25, 0.3) is 0 Å². The number of nitrogens with zero attached hydrogens (tertiary/aromatic N) is 1. The predicted molar refractivity (Wildman–Crippen MR) is 76.5 cm³/mol. The van der Waals surface area contributed by atoms with Crippen molar-refractivity contribution in [3.05, 3.63) is 28.2 Å². The van der Waals surface area contributed by atoms with Crippen molar-refractivity contribution < 1.29 is 4.74 Å². The summed E-state index contributed by atoms with van der Waals surface area (Å²) in [6, 6.07) is 8.23. The third-order valence-electron chi connectivity index (χ3n) is 2.72. The van der Waals surface area contributed by atoms with Crippen LogP contribution in [0.4, 0.5) is 0 Å². The number of rotatable bonds is 7. The summed E-state index contributed by atoms with van der Waals surface area (Å²) in [7, 11) is 0. The van der Waals surface area contributed by atoms with Crippen molar-refractivity contribution in [2.45, 2.75) is 38.6 Å². The van der Waals surface area contributed by atoms with Gasteiger partial charge in [0, 0.05) is 16.9 Å². The molecular formula is C14H19BrN2O. The SMILES string of the molecule is CCC(N)Cc1cc(Br)ccc1OCCCC#N. The molecule has 98 valence electrons. The second-order valence-electron chi connectivity index (χ2n) is 4.23. The molecule has 0 aliphatic heterocycles. The molecule has 1 atom stereocenters. The van der Waals surface area contributed by atoms with Gasteiger partial charge >= 0.3 is 0 Å². The molecule has 0 amide bonds. The number of hydrogen-bond acceptors (Lipinski definition) is 3. The van der Waals surface area contributed by atoms with Crippen LogP contribution < -0.4 is 10.5 Å². The Morgan fingerprint density at radius 1 is 1.50 bits per heavy atom. The number of unbranched alkanes of at least 4 members (excludes halogenated alkanes) is 1. The van der Waals surface area contributed by atoms with Gasteiger partial charge in [-0.3, -0.25) is 0 Å². The summed E-state index contributed by atoms with van der Waals surface area (Å²) >= 11 is 3.46. The van der Waals surface area contributed by atoms with Gasteiger partial charge in [-0.25, -0.2) is 0 Å². The zero-order valence-electron chi connectivity index (χ0n) is 10.7. The minimum atomic E-state index is 0.153. The highest BCUT2D eigenvalue weighted by Gasteiger charge is 2.08. The normalized spacial score (nSPS) is 11.9. The summed E-state index contributed by atoms with van der Waals surface area (Å²) < 4.78 is 6.74. The van der Waals surface area contributed by atoms with Gasteiger partial charge in [0.2, 0.25) is 0 Å². The van der Waals surface area contributed by atoms with Crippen molar-refractivity contribution in [2.75, 3.05) is 6.61 Å². The summed E-state index contributed by atoms with van der Waals surface area (Å²) in [5.74, 6) is 0.875. The lowest BCUT2D eigenvalue weighted by molar-refractivity contribution is 0.308. The van der Waals surface area contributed by atoms with Crippen molar-refractivity contribution in [3.8, 4) is 11.8 Å².